The number of carbonyl (C=O) groups excluding carboxylic acids is 1. The van der Waals surface area contributed by atoms with E-state index in [4.69, 9.17) is 5.73 Å². The summed E-state index contributed by atoms with van der Waals surface area (Å²) >= 11 is 0. The highest BCUT2D eigenvalue weighted by Gasteiger charge is 2.13. The summed E-state index contributed by atoms with van der Waals surface area (Å²) in [6.45, 7) is 5.93. The van der Waals surface area contributed by atoms with Crippen molar-refractivity contribution in [1.29, 1.82) is 0 Å². The molecule has 0 aliphatic heterocycles. The number of nitrogens with zero attached hydrogens (tertiary/aromatic N) is 1. The number of primary amides is 1. The van der Waals surface area contributed by atoms with E-state index in [-0.39, 0.29) is 5.82 Å². The lowest BCUT2D eigenvalue weighted by Gasteiger charge is -2.05. The molecule has 0 aliphatic carbocycles. The van der Waals surface area contributed by atoms with E-state index in [0.29, 0.717) is 0 Å². The van der Waals surface area contributed by atoms with Crippen LogP contribution < -0.4 is 5.73 Å². The van der Waals surface area contributed by atoms with Crippen molar-refractivity contribution in [1.82, 2.24) is 9.97 Å². The normalized spacial score (nSPS) is 10.5. The summed E-state index contributed by atoms with van der Waals surface area (Å²) in [6.07, 6.45) is 0. The molecule has 88 valence electrons. The van der Waals surface area contributed by atoms with Crippen molar-refractivity contribution < 1.29 is 4.79 Å². The van der Waals surface area contributed by atoms with Crippen LogP contribution >= 0.6 is 0 Å². The van der Waals surface area contributed by atoms with Gasteiger partial charge in [-0.05, 0) is 32.4 Å². The Hall–Kier alpha value is -2.10. The van der Waals surface area contributed by atoms with E-state index < -0.39 is 5.91 Å². The molecule has 0 saturated carbocycles. The fraction of sp³-hybridized carbons (Fsp3) is 0.231. The molecule has 0 atom stereocenters. The molecule has 0 saturated heterocycles. The maximum Gasteiger partial charge on any atom is 0.284 e. The molecule has 0 aliphatic rings. The zero-order valence-corrected chi connectivity index (χ0v) is 10.2. The molecule has 0 unspecified atom stereocenters. The van der Waals surface area contributed by atoms with Gasteiger partial charge in [0, 0.05) is 11.3 Å². The smallest absolute Gasteiger partial charge is 0.284 e. The Morgan fingerprint density at radius 2 is 2.00 bits per heavy atom. The van der Waals surface area contributed by atoms with Crippen LogP contribution in [0, 0.1) is 20.8 Å². The molecule has 0 radical (unpaired) electrons. The van der Waals surface area contributed by atoms with Crippen LogP contribution in [-0.4, -0.2) is 15.9 Å². The third-order valence-electron chi connectivity index (χ3n) is 2.77. The summed E-state index contributed by atoms with van der Waals surface area (Å²) in [5.41, 5.74) is 10.2. The second-order valence-electron chi connectivity index (χ2n) is 4.24. The third-order valence-corrected chi connectivity index (χ3v) is 2.77. The number of aromatic nitrogens is 2. The standard InChI is InChI=1S/C13H15N3O/c1-7-4-5-8(2)10(6-7)11-9(3)15-13(16-11)12(14)17/h4-6H,1-3H3,(H2,14,17)(H,15,16). The molecule has 0 fully saturated rings. The van der Waals surface area contributed by atoms with Gasteiger partial charge in [0.25, 0.3) is 5.91 Å². The lowest BCUT2D eigenvalue weighted by Crippen LogP contribution is -2.12. The number of amides is 1. The number of carbonyl (C=O) groups is 1. The first-order valence-electron chi connectivity index (χ1n) is 5.43. The summed E-state index contributed by atoms with van der Waals surface area (Å²) in [7, 11) is 0. The van der Waals surface area contributed by atoms with E-state index in [1.807, 2.05) is 26.8 Å². The Labute approximate surface area is 99.9 Å². The van der Waals surface area contributed by atoms with Crippen LogP contribution in [0.1, 0.15) is 27.4 Å². The van der Waals surface area contributed by atoms with Crippen LogP contribution in [0.2, 0.25) is 0 Å². The van der Waals surface area contributed by atoms with Gasteiger partial charge in [0.15, 0.2) is 5.82 Å². The Morgan fingerprint density at radius 1 is 1.29 bits per heavy atom. The van der Waals surface area contributed by atoms with E-state index in [1.54, 1.807) is 0 Å². The van der Waals surface area contributed by atoms with Gasteiger partial charge in [0.2, 0.25) is 0 Å². The molecule has 1 aromatic heterocycles. The largest absolute Gasteiger partial charge is 0.363 e. The van der Waals surface area contributed by atoms with Gasteiger partial charge in [0.1, 0.15) is 0 Å². The number of nitrogens with two attached hydrogens (primary N) is 1. The Kier molecular flexibility index (Phi) is 2.71. The number of H-pyrrole nitrogens is 1. The minimum atomic E-state index is -0.537. The van der Waals surface area contributed by atoms with E-state index in [2.05, 4.69) is 22.1 Å². The summed E-state index contributed by atoms with van der Waals surface area (Å²) < 4.78 is 0. The first-order valence-corrected chi connectivity index (χ1v) is 5.43. The minimum Gasteiger partial charge on any atom is -0.363 e. The molecule has 4 heteroatoms. The molecule has 0 spiro atoms. The van der Waals surface area contributed by atoms with Crippen LogP contribution in [0.25, 0.3) is 11.3 Å². The number of aryl methyl sites for hydroxylation is 3. The molecule has 1 heterocycles. The molecule has 0 bridgehead atoms. The molecule has 4 nitrogen and oxygen atoms in total. The van der Waals surface area contributed by atoms with Gasteiger partial charge in [-0.2, -0.15) is 0 Å². The second kappa shape index (κ2) is 4.05. The summed E-state index contributed by atoms with van der Waals surface area (Å²) in [5.74, 6) is -0.330. The Balaban J connectivity index is 2.60. The number of nitrogens with one attached hydrogen (secondary N) is 1. The first-order chi connectivity index (χ1) is 7.99. The zero-order valence-electron chi connectivity index (χ0n) is 10.2. The molecular weight excluding hydrogens is 214 g/mol. The van der Waals surface area contributed by atoms with Crippen LogP contribution in [0.15, 0.2) is 18.2 Å². The molecule has 2 aromatic rings. The number of hydrogen-bond acceptors (Lipinski definition) is 2. The van der Waals surface area contributed by atoms with Crippen molar-refractivity contribution in [2.45, 2.75) is 20.8 Å². The number of benzene rings is 1. The highest BCUT2D eigenvalue weighted by atomic mass is 16.1. The monoisotopic (exact) mass is 229 g/mol. The van der Waals surface area contributed by atoms with Crippen molar-refractivity contribution >= 4 is 5.91 Å². The van der Waals surface area contributed by atoms with E-state index >= 15 is 0 Å². The second-order valence-corrected chi connectivity index (χ2v) is 4.24. The van der Waals surface area contributed by atoms with Gasteiger partial charge in [0.05, 0.1) is 5.69 Å². The first kappa shape index (κ1) is 11.4. The number of aromatic amines is 1. The maximum atomic E-state index is 11.1. The highest BCUT2D eigenvalue weighted by Crippen LogP contribution is 2.25. The maximum absolute atomic E-state index is 11.1. The van der Waals surface area contributed by atoms with Crippen LogP contribution in [0.3, 0.4) is 0 Å². The van der Waals surface area contributed by atoms with Gasteiger partial charge in [-0.25, -0.2) is 4.98 Å². The molecule has 1 amide bonds. The van der Waals surface area contributed by atoms with Crippen LogP contribution in [0.5, 0.6) is 0 Å². The quantitative estimate of drug-likeness (QED) is 0.827. The van der Waals surface area contributed by atoms with Crippen LogP contribution in [-0.2, 0) is 0 Å². The number of imidazole rings is 1. The van der Waals surface area contributed by atoms with Crippen molar-refractivity contribution in [3.8, 4) is 11.3 Å². The number of rotatable bonds is 2. The predicted octanol–water partition coefficient (Wildman–Crippen LogP) is 2.10. The number of hydrogen-bond donors (Lipinski definition) is 2. The molecule has 17 heavy (non-hydrogen) atoms. The average Bonchev–Trinajstić information content (AvgIpc) is 2.64. The lowest BCUT2D eigenvalue weighted by molar-refractivity contribution is 0.0991. The molecular formula is C13H15N3O. The Bertz CT molecular complexity index is 584. The zero-order chi connectivity index (χ0) is 12.6. The van der Waals surface area contributed by atoms with Crippen molar-refractivity contribution in [3.63, 3.8) is 0 Å². The van der Waals surface area contributed by atoms with Gasteiger partial charge in [-0.1, -0.05) is 17.7 Å². The van der Waals surface area contributed by atoms with Gasteiger partial charge < -0.3 is 10.7 Å². The van der Waals surface area contributed by atoms with Crippen molar-refractivity contribution in [3.05, 3.63) is 40.8 Å². The van der Waals surface area contributed by atoms with E-state index in [1.165, 1.54) is 0 Å². The fourth-order valence-corrected chi connectivity index (χ4v) is 1.83. The van der Waals surface area contributed by atoms with Crippen molar-refractivity contribution in [2.75, 3.05) is 0 Å². The van der Waals surface area contributed by atoms with Gasteiger partial charge in [-0.15, -0.1) is 0 Å². The van der Waals surface area contributed by atoms with E-state index in [0.717, 1.165) is 28.1 Å². The average molecular weight is 229 g/mol. The lowest BCUT2D eigenvalue weighted by atomic mass is 10.0. The summed E-state index contributed by atoms with van der Waals surface area (Å²) in [5, 5.41) is 0. The van der Waals surface area contributed by atoms with Gasteiger partial charge in [-0.3, -0.25) is 4.79 Å². The fourth-order valence-electron chi connectivity index (χ4n) is 1.83. The SMILES string of the molecule is Cc1ccc(C)c(-c2nc(C(N)=O)[nH]c2C)c1. The molecule has 2 rings (SSSR count). The Morgan fingerprint density at radius 3 is 2.59 bits per heavy atom. The van der Waals surface area contributed by atoms with Crippen molar-refractivity contribution in [2.24, 2.45) is 5.73 Å². The predicted molar refractivity (Wildman–Crippen MR) is 66.8 cm³/mol. The third kappa shape index (κ3) is 2.06. The van der Waals surface area contributed by atoms with Gasteiger partial charge >= 0.3 is 0 Å². The van der Waals surface area contributed by atoms with Crippen LogP contribution in [0.4, 0.5) is 0 Å². The summed E-state index contributed by atoms with van der Waals surface area (Å²) in [6, 6.07) is 6.15. The molecule has 3 N–H and O–H groups in total. The van der Waals surface area contributed by atoms with E-state index in [9.17, 15) is 4.79 Å². The topological polar surface area (TPSA) is 71.8 Å². The highest BCUT2D eigenvalue weighted by molar-refractivity contribution is 5.90. The summed E-state index contributed by atoms with van der Waals surface area (Å²) in [4.78, 5) is 18.2. The molecule has 1 aromatic carbocycles. The minimum absolute atomic E-state index is 0.207.